The summed E-state index contributed by atoms with van der Waals surface area (Å²) in [6.45, 7) is 3.30. The van der Waals surface area contributed by atoms with Crippen LogP contribution in [0.15, 0.2) is 24.3 Å². The van der Waals surface area contributed by atoms with Crippen molar-refractivity contribution in [1.82, 2.24) is 0 Å². The number of halogens is 3. The summed E-state index contributed by atoms with van der Waals surface area (Å²) in [4.78, 5) is 0. The summed E-state index contributed by atoms with van der Waals surface area (Å²) in [6.07, 6.45) is 1.59. The molecule has 0 amide bonds. The fraction of sp³-hybridized carbons (Fsp3) is 0.571. The van der Waals surface area contributed by atoms with Crippen molar-refractivity contribution in [2.24, 2.45) is 0 Å². The highest BCUT2D eigenvalue weighted by Crippen LogP contribution is 2.33. The van der Waals surface area contributed by atoms with E-state index in [1.54, 1.807) is 18.2 Å². The number of alkyl halides is 2. The van der Waals surface area contributed by atoms with E-state index in [1.165, 1.54) is 6.07 Å². The van der Waals surface area contributed by atoms with Gasteiger partial charge in [-0.1, -0.05) is 25.1 Å². The van der Waals surface area contributed by atoms with Crippen molar-refractivity contribution in [2.75, 3.05) is 25.0 Å². The minimum Gasteiger partial charge on any atom is -0.381 e. The average molecular weight is 293 g/mol. The standard InChI is InChI=1S/C14H19Cl2FO/c1-2-8-18-9-7-14(10-15,11-16)12-5-3-4-6-13(12)17/h3-6H,2,7-11H2,1H3. The lowest BCUT2D eigenvalue weighted by Gasteiger charge is -2.30. The minimum absolute atomic E-state index is 0.255. The first-order valence-corrected chi connectivity index (χ1v) is 7.22. The topological polar surface area (TPSA) is 9.23 Å². The Bertz CT molecular complexity index is 353. The summed E-state index contributed by atoms with van der Waals surface area (Å²) in [5, 5.41) is 0. The number of benzene rings is 1. The predicted octanol–water partition coefficient (Wildman–Crippen LogP) is 4.36. The van der Waals surface area contributed by atoms with Gasteiger partial charge in [0.05, 0.1) is 0 Å². The molecular formula is C14H19Cl2FO. The smallest absolute Gasteiger partial charge is 0.127 e. The quantitative estimate of drug-likeness (QED) is 0.511. The average Bonchev–Trinajstić information content (AvgIpc) is 2.41. The Morgan fingerprint density at radius 3 is 2.39 bits per heavy atom. The van der Waals surface area contributed by atoms with Gasteiger partial charge >= 0.3 is 0 Å². The van der Waals surface area contributed by atoms with Gasteiger partial charge in [0.25, 0.3) is 0 Å². The normalized spacial score (nSPS) is 11.8. The molecule has 18 heavy (non-hydrogen) atoms. The molecule has 0 saturated carbocycles. The molecule has 0 aromatic heterocycles. The number of ether oxygens (including phenoxy) is 1. The lowest BCUT2D eigenvalue weighted by Crippen LogP contribution is -2.33. The molecule has 102 valence electrons. The zero-order valence-electron chi connectivity index (χ0n) is 10.6. The van der Waals surface area contributed by atoms with Gasteiger partial charge in [-0.25, -0.2) is 4.39 Å². The van der Waals surface area contributed by atoms with Crippen LogP contribution >= 0.6 is 23.2 Å². The summed E-state index contributed by atoms with van der Waals surface area (Å²) in [7, 11) is 0. The van der Waals surface area contributed by atoms with Crippen LogP contribution < -0.4 is 0 Å². The van der Waals surface area contributed by atoms with Crippen LogP contribution in [0.4, 0.5) is 4.39 Å². The van der Waals surface area contributed by atoms with Crippen molar-refractivity contribution in [3.8, 4) is 0 Å². The van der Waals surface area contributed by atoms with Crippen LogP contribution in [0.25, 0.3) is 0 Å². The molecule has 1 rings (SSSR count). The zero-order valence-corrected chi connectivity index (χ0v) is 12.1. The van der Waals surface area contributed by atoms with E-state index < -0.39 is 5.41 Å². The van der Waals surface area contributed by atoms with Gasteiger partial charge in [0.1, 0.15) is 5.82 Å². The Morgan fingerprint density at radius 2 is 1.83 bits per heavy atom. The number of rotatable bonds is 8. The van der Waals surface area contributed by atoms with Crippen LogP contribution in [0, 0.1) is 5.82 Å². The number of hydrogen-bond acceptors (Lipinski definition) is 1. The largest absolute Gasteiger partial charge is 0.381 e. The van der Waals surface area contributed by atoms with Crippen LogP contribution in [-0.4, -0.2) is 25.0 Å². The lowest BCUT2D eigenvalue weighted by atomic mass is 9.81. The molecule has 1 nitrogen and oxygen atoms in total. The van der Waals surface area contributed by atoms with E-state index in [2.05, 4.69) is 0 Å². The highest BCUT2D eigenvalue weighted by atomic mass is 35.5. The SMILES string of the molecule is CCCOCCC(CCl)(CCl)c1ccccc1F. The van der Waals surface area contributed by atoms with Crippen LogP contribution in [0.2, 0.25) is 0 Å². The fourth-order valence-corrected chi connectivity index (χ4v) is 2.69. The molecule has 0 fully saturated rings. The summed E-state index contributed by atoms with van der Waals surface area (Å²) in [6, 6.07) is 6.66. The summed E-state index contributed by atoms with van der Waals surface area (Å²) < 4.78 is 19.3. The molecule has 4 heteroatoms. The third kappa shape index (κ3) is 3.84. The first-order chi connectivity index (χ1) is 8.70. The van der Waals surface area contributed by atoms with Crippen molar-refractivity contribution in [2.45, 2.75) is 25.2 Å². The van der Waals surface area contributed by atoms with Gasteiger partial charge in [0.15, 0.2) is 0 Å². The maximum Gasteiger partial charge on any atom is 0.127 e. The van der Waals surface area contributed by atoms with Gasteiger partial charge in [0.2, 0.25) is 0 Å². The Hall–Kier alpha value is -0.310. The van der Waals surface area contributed by atoms with Crippen molar-refractivity contribution >= 4 is 23.2 Å². The molecule has 0 unspecified atom stereocenters. The van der Waals surface area contributed by atoms with Crippen molar-refractivity contribution in [3.63, 3.8) is 0 Å². The third-order valence-corrected chi connectivity index (χ3v) is 4.05. The van der Waals surface area contributed by atoms with E-state index in [-0.39, 0.29) is 17.6 Å². The van der Waals surface area contributed by atoms with Gasteiger partial charge in [-0.05, 0) is 24.5 Å². The van der Waals surface area contributed by atoms with E-state index in [1.807, 2.05) is 6.92 Å². The summed E-state index contributed by atoms with van der Waals surface area (Å²) in [5.41, 5.74) is 0.0254. The van der Waals surface area contributed by atoms with Crippen molar-refractivity contribution in [3.05, 3.63) is 35.6 Å². The second-order valence-electron chi connectivity index (χ2n) is 4.39. The predicted molar refractivity (Wildman–Crippen MR) is 75.2 cm³/mol. The monoisotopic (exact) mass is 292 g/mol. The molecule has 0 radical (unpaired) electrons. The van der Waals surface area contributed by atoms with Gasteiger partial charge in [-0.3, -0.25) is 0 Å². The maximum absolute atomic E-state index is 13.9. The van der Waals surface area contributed by atoms with Crippen molar-refractivity contribution < 1.29 is 9.13 Å². The third-order valence-electron chi connectivity index (χ3n) is 3.03. The van der Waals surface area contributed by atoms with E-state index in [0.29, 0.717) is 25.2 Å². The molecule has 0 bridgehead atoms. The lowest BCUT2D eigenvalue weighted by molar-refractivity contribution is 0.119. The Kier molecular flexibility index (Phi) is 6.98. The van der Waals surface area contributed by atoms with Gasteiger partial charge < -0.3 is 4.74 Å². The van der Waals surface area contributed by atoms with Gasteiger partial charge in [-0.15, -0.1) is 23.2 Å². The highest BCUT2D eigenvalue weighted by Gasteiger charge is 2.32. The molecule has 0 aliphatic carbocycles. The van der Waals surface area contributed by atoms with E-state index in [0.717, 1.165) is 6.42 Å². The molecule has 0 heterocycles. The molecule has 0 aliphatic heterocycles. The Morgan fingerprint density at radius 1 is 1.17 bits per heavy atom. The molecule has 1 aromatic rings. The van der Waals surface area contributed by atoms with Crippen molar-refractivity contribution in [1.29, 1.82) is 0 Å². The van der Waals surface area contributed by atoms with Gasteiger partial charge in [-0.2, -0.15) is 0 Å². The minimum atomic E-state index is -0.553. The zero-order chi connectivity index (χ0) is 13.4. The second-order valence-corrected chi connectivity index (χ2v) is 4.92. The molecule has 0 N–H and O–H groups in total. The molecule has 0 atom stereocenters. The Labute approximate surface area is 118 Å². The van der Waals surface area contributed by atoms with Gasteiger partial charge in [0, 0.05) is 30.4 Å². The molecule has 0 spiro atoms. The van der Waals surface area contributed by atoms with Crippen LogP contribution in [0.1, 0.15) is 25.3 Å². The van der Waals surface area contributed by atoms with E-state index in [4.69, 9.17) is 27.9 Å². The molecular weight excluding hydrogens is 274 g/mol. The number of hydrogen-bond donors (Lipinski definition) is 0. The van der Waals surface area contributed by atoms with Crippen LogP contribution in [-0.2, 0) is 10.2 Å². The summed E-state index contributed by atoms with van der Waals surface area (Å²) in [5.74, 6) is 0.314. The van der Waals surface area contributed by atoms with E-state index >= 15 is 0 Å². The Balaban J connectivity index is 2.83. The molecule has 0 aliphatic rings. The van der Waals surface area contributed by atoms with Crippen LogP contribution in [0.3, 0.4) is 0 Å². The summed E-state index contributed by atoms with van der Waals surface area (Å²) >= 11 is 12.1. The highest BCUT2D eigenvalue weighted by molar-refractivity contribution is 6.22. The van der Waals surface area contributed by atoms with Crippen LogP contribution in [0.5, 0.6) is 0 Å². The van der Waals surface area contributed by atoms with E-state index in [9.17, 15) is 4.39 Å². The first kappa shape index (κ1) is 15.7. The molecule has 1 aromatic carbocycles. The first-order valence-electron chi connectivity index (χ1n) is 6.15. The maximum atomic E-state index is 13.9. The molecule has 0 saturated heterocycles. The fourth-order valence-electron chi connectivity index (χ4n) is 1.85. The second kappa shape index (κ2) is 7.98.